The van der Waals surface area contributed by atoms with Crippen molar-refractivity contribution in [3.05, 3.63) is 71.9 Å². The quantitative estimate of drug-likeness (QED) is 0.709. The zero-order valence-corrected chi connectivity index (χ0v) is 15.1. The molecule has 26 heavy (non-hydrogen) atoms. The summed E-state index contributed by atoms with van der Waals surface area (Å²) in [6, 6.07) is 20.8. The molecule has 0 bridgehead atoms. The van der Waals surface area contributed by atoms with Gasteiger partial charge in [0.15, 0.2) is 0 Å². The van der Waals surface area contributed by atoms with Gasteiger partial charge in [-0.05, 0) is 35.9 Å². The minimum atomic E-state index is -4.69. The molecule has 0 unspecified atom stereocenters. The van der Waals surface area contributed by atoms with Crippen LogP contribution in [0.2, 0.25) is 0 Å². The Labute approximate surface area is 154 Å². The first-order valence-corrected chi connectivity index (χ1v) is 8.93. The maximum atomic E-state index is 8.60. The van der Waals surface area contributed by atoms with Crippen molar-refractivity contribution in [3.8, 4) is 0 Å². The lowest BCUT2D eigenvalue weighted by molar-refractivity contribution is -1.92. The molecule has 0 radical (unpaired) electrons. The summed E-state index contributed by atoms with van der Waals surface area (Å²) >= 11 is 0. The monoisotopic (exact) mass is 374 g/mol. The average molecular weight is 375 g/mol. The number of para-hydroxylation sites is 1. The van der Waals surface area contributed by atoms with Crippen LogP contribution >= 0.6 is 0 Å². The lowest BCUT2D eigenvalue weighted by Crippen LogP contribution is -2.58. The summed E-state index contributed by atoms with van der Waals surface area (Å²) in [5.74, 6) is 0. The number of aromatic nitrogens is 1. The van der Waals surface area contributed by atoms with Crippen molar-refractivity contribution in [2.24, 2.45) is 0 Å². The predicted molar refractivity (Wildman–Crippen MR) is 93.7 cm³/mol. The third-order valence-electron chi connectivity index (χ3n) is 3.48. The summed E-state index contributed by atoms with van der Waals surface area (Å²) in [5, 5.41) is 1.17. The van der Waals surface area contributed by atoms with E-state index in [2.05, 4.69) is 58.4 Å². The lowest BCUT2D eigenvalue weighted by atomic mass is 10.1. The molecule has 0 fully saturated rings. The van der Waals surface area contributed by atoms with E-state index in [9.17, 15) is 0 Å². The van der Waals surface area contributed by atoms with Crippen molar-refractivity contribution < 1.29 is 28.9 Å². The molecular weight excluding hydrogens is 356 g/mol. The van der Waals surface area contributed by atoms with Gasteiger partial charge in [0.05, 0.1) is 26.1 Å². The molecule has 3 aromatic rings. The summed E-state index contributed by atoms with van der Waals surface area (Å²) in [6.45, 7) is 0. The SMILES string of the molecule is CN(C)c1ccc(C=Cc2ccc3ccccc3n2)cc1.[O-][Cl+3]([O-])([O-])O. The number of halogens is 1. The third kappa shape index (κ3) is 6.79. The van der Waals surface area contributed by atoms with Crippen LogP contribution in [0.4, 0.5) is 5.69 Å². The average Bonchev–Trinajstić information content (AvgIpc) is 2.58. The molecular formula is C19H19ClN2O4. The number of benzene rings is 2. The molecule has 7 heteroatoms. The van der Waals surface area contributed by atoms with Gasteiger partial charge in [-0.15, -0.1) is 0 Å². The fourth-order valence-electron chi connectivity index (χ4n) is 2.24. The van der Waals surface area contributed by atoms with Crippen molar-refractivity contribution in [1.82, 2.24) is 4.98 Å². The first kappa shape index (κ1) is 19.8. The number of anilines is 1. The van der Waals surface area contributed by atoms with Crippen molar-refractivity contribution in [2.75, 3.05) is 19.0 Å². The first-order valence-electron chi connectivity index (χ1n) is 7.67. The Morgan fingerprint density at radius 3 is 2.12 bits per heavy atom. The topological polar surface area (TPSA) is 106 Å². The molecule has 6 nitrogen and oxygen atoms in total. The number of pyridine rings is 1. The smallest absolute Gasteiger partial charge is 0.0777 e. The highest BCUT2D eigenvalue weighted by molar-refractivity contribution is 5.80. The van der Waals surface area contributed by atoms with E-state index < -0.39 is 10.2 Å². The Bertz CT molecular complexity index is 869. The van der Waals surface area contributed by atoms with E-state index in [4.69, 9.17) is 18.6 Å². The molecule has 2 aromatic carbocycles. The standard InChI is InChI=1S/C19H18N2.ClHO4/c1-21(2)18-13-8-15(9-14-18)7-11-17-12-10-16-5-3-4-6-19(16)20-17;2-1(3,4)5/h3-14H,1-2H3;(H,2,3,4,5). The third-order valence-corrected chi connectivity index (χ3v) is 3.48. The van der Waals surface area contributed by atoms with E-state index in [1.165, 1.54) is 16.6 Å². The molecule has 0 aliphatic carbocycles. The van der Waals surface area contributed by atoms with E-state index in [1.54, 1.807) is 0 Å². The van der Waals surface area contributed by atoms with E-state index in [0.29, 0.717) is 0 Å². The number of hydrogen-bond acceptors (Lipinski definition) is 6. The molecule has 0 saturated heterocycles. The zero-order chi connectivity index (χ0) is 19.2. The largest absolute Gasteiger partial charge is 0.378 e. The minimum Gasteiger partial charge on any atom is -0.378 e. The molecule has 0 spiro atoms. The van der Waals surface area contributed by atoms with Crippen LogP contribution in [0.25, 0.3) is 23.1 Å². The van der Waals surface area contributed by atoms with E-state index in [-0.39, 0.29) is 0 Å². The molecule has 136 valence electrons. The molecule has 0 saturated carbocycles. The van der Waals surface area contributed by atoms with Crippen molar-refractivity contribution in [2.45, 2.75) is 0 Å². The Kier molecular flexibility index (Phi) is 6.68. The van der Waals surface area contributed by atoms with Crippen molar-refractivity contribution in [3.63, 3.8) is 0 Å². The number of rotatable bonds is 3. The van der Waals surface area contributed by atoms with Crippen molar-refractivity contribution >= 4 is 28.7 Å². The molecule has 1 heterocycles. The Balaban J connectivity index is 0.000000431. The van der Waals surface area contributed by atoms with Crippen LogP contribution in [0.5, 0.6) is 0 Å². The number of hydrogen-bond donors (Lipinski definition) is 1. The Morgan fingerprint density at radius 1 is 0.885 bits per heavy atom. The van der Waals surface area contributed by atoms with Gasteiger partial charge in [-0.2, -0.15) is 14.0 Å². The van der Waals surface area contributed by atoms with E-state index in [1.807, 2.05) is 38.4 Å². The van der Waals surface area contributed by atoms with Gasteiger partial charge in [0.2, 0.25) is 0 Å². The van der Waals surface area contributed by atoms with Crippen LogP contribution in [0, 0.1) is 10.2 Å². The molecule has 0 atom stereocenters. The van der Waals surface area contributed by atoms with Crippen LogP contribution in [0.3, 0.4) is 0 Å². The lowest BCUT2D eigenvalue weighted by Gasteiger charge is -2.11. The molecule has 1 N–H and O–H groups in total. The van der Waals surface area contributed by atoms with Gasteiger partial charge in [-0.25, -0.2) is 4.98 Å². The van der Waals surface area contributed by atoms with Gasteiger partial charge in [0, 0.05) is 25.2 Å². The van der Waals surface area contributed by atoms with Gasteiger partial charge in [0.25, 0.3) is 0 Å². The molecule has 0 aliphatic rings. The zero-order valence-electron chi connectivity index (χ0n) is 14.4. The highest BCUT2D eigenvalue weighted by atomic mass is 35.7. The van der Waals surface area contributed by atoms with Crippen LogP contribution in [0.15, 0.2) is 60.7 Å². The second-order valence-electron chi connectivity index (χ2n) is 5.64. The van der Waals surface area contributed by atoms with E-state index in [0.717, 1.165) is 11.2 Å². The van der Waals surface area contributed by atoms with Gasteiger partial charge < -0.3 is 4.90 Å². The van der Waals surface area contributed by atoms with Crippen LogP contribution in [-0.2, 0) is 0 Å². The normalized spacial score (nSPS) is 11.3. The van der Waals surface area contributed by atoms with Gasteiger partial charge in [-0.1, -0.05) is 42.5 Å². The molecule has 0 aliphatic heterocycles. The maximum Gasteiger partial charge on any atom is 0.0777 e. The van der Waals surface area contributed by atoms with Crippen LogP contribution < -0.4 is 18.9 Å². The first-order chi connectivity index (χ1) is 12.2. The molecule has 1 aromatic heterocycles. The molecule has 3 rings (SSSR count). The minimum absolute atomic E-state index is 0.977. The summed E-state index contributed by atoms with van der Waals surface area (Å²) in [4.78, 5) is 6.74. The summed E-state index contributed by atoms with van der Waals surface area (Å²) in [5.41, 5.74) is 4.39. The van der Waals surface area contributed by atoms with E-state index >= 15 is 0 Å². The second kappa shape index (κ2) is 8.75. The summed E-state index contributed by atoms with van der Waals surface area (Å²) < 4.78 is 32.7. The summed E-state index contributed by atoms with van der Waals surface area (Å²) in [6.07, 6.45) is 4.15. The number of nitrogens with zero attached hydrogens (tertiary/aromatic N) is 2. The second-order valence-corrected chi connectivity index (χ2v) is 6.44. The fraction of sp³-hybridized carbons (Fsp3) is 0.105. The fourth-order valence-corrected chi connectivity index (χ4v) is 2.24. The van der Waals surface area contributed by atoms with Gasteiger partial charge >= 0.3 is 0 Å². The molecule has 0 amide bonds. The maximum absolute atomic E-state index is 8.60. The highest BCUT2D eigenvalue weighted by Crippen LogP contribution is 2.16. The van der Waals surface area contributed by atoms with Crippen molar-refractivity contribution in [1.29, 1.82) is 0 Å². The Morgan fingerprint density at radius 2 is 1.50 bits per heavy atom. The Hall–Kier alpha value is -2.48. The highest BCUT2D eigenvalue weighted by Gasteiger charge is 1.99. The summed E-state index contributed by atoms with van der Waals surface area (Å²) in [7, 11) is -0.603. The van der Waals surface area contributed by atoms with Crippen LogP contribution in [-0.4, -0.2) is 23.7 Å². The number of fused-ring (bicyclic) bond motifs is 1. The predicted octanol–water partition coefficient (Wildman–Crippen LogP) is 0.347. The van der Waals surface area contributed by atoms with Gasteiger partial charge in [-0.3, -0.25) is 0 Å². The van der Waals surface area contributed by atoms with Gasteiger partial charge in [0.1, 0.15) is 0 Å². The van der Waals surface area contributed by atoms with Crippen LogP contribution in [0.1, 0.15) is 11.3 Å².